The first-order valence-electron chi connectivity index (χ1n) is 15.3. The standard InChI is InChI=1S/C33H38Cl2O12/c1-15-19(38)13-33(42)26(46-28(40)18-10-8-7-9-11-18)24-31(6,25(39)23(44-16(2)36)22(15)30(33,4)5)20(45-29(41)27(34)35)12-21-32(24,14-43-21)47-17(3)37/h7-11,15,19-21,24,26-27,38,42H,12-14H2,1-6H3/t15?,19-,20-,21+,24-,26-,31+,32-,33+/m0/s1. The Morgan fingerprint density at radius 3 is 2.19 bits per heavy atom. The Morgan fingerprint density at radius 1 is 1.02 bits per heavy atom. The van der Waals surface area contributed by atoms with Crippen LogP contribution in [0.25, 0.3) is 0 Å². The van der Waals surface area contributed by atoms with Gasteiger partial charge in [-0.3, -0.25) is 14.4 Å². The van der Waals surface area contributed by atoms with Gasteiger partial charge in [0.25, 0.3) is 0 Å². The zero-order valence-electron chi connectivity index (χ0n) is 26.8. The average molecular weight is 698 g/mol. The number of benzene rings is 1. The minimum atomic E-state index is -2.21. The van der Waals surface area contributed by atoms with Crippen molar-refractivity contribution in [1.82, 2.24) is 0 Å². The highest BCUT2D eigenvalue weighted by Gasteiger charge is 2.78. The molecule has 9 atom stereocenters. The van der Waals surface area contributed by atoms with Crippen LogP contribution in [0.2, 0.25) is 0 Å². The smallest absolute Gasteiger partial charge is 0.339 e. The molecule has 1 saturated heterocycles. The minimum Gasteiger partial charge on any atom is -0.459 e. The number of rotatable bonds is 6. The summed E-state index contributed by atoms with van der Waals surface area (Å²) in [5.41, 5.74) is -7.30. The van der Waals surface area contributed by atoms with Gasteiger partial charge in [-0.2, -0.15) is 0 Å². The van der Waals surface area contributed by atoms with Crippen molar-refractivity contribution in [2.75, 3.05) is 6.61 Å². The molecule has 1 aromatic carbocycles. The number of esters is 4. The zero-order chi connectivity index (χ0) is 34.9. The van der Waals surface area contributed by atoms with Gasteiger partial charge in [-0.15, -0.1) is 0 Å². The lowest BCUT2D eigenvalue weighted by Gasteiger charge is -2.67. The molecule has 1 unspecified atom stereocenters. The zero-order valence-corrected chi connectivity index (χ0v) is 28.3. The lowest BCUT2D eigenvalue weighted by Crippen LogP contribution is -2.81. The number of fused-ring (bicyclic) bond motifs is 5. The van der Waals surface area contributed by atoms with Gasteiger partial charge in [0.15, 0.2) is 11.4 Å². The molecule has 3 aliphatic carbocycles. The van der Waals surface area contributed by atoms with E-state index in [0.29, 0.717) is 0 Å². The summed E-state index contributed by atoms with van der Waals surface area (Å²) in [6, 6.07) is 7.91. The summed E-state index contributed by atoms with van der Waals surface area (Å²) in [6.45, 7) is 8.16. The summed E-state index contributed by atoms with van der Waals surface area (Å²) >= 11 is 11.7. The highest BCUT2D eigenvalue weighted by Crippen LogP contribution is 2.65. The number of hydrogen-bond acceptors (Lipinski definition) is 12. The number of halogens is 2. The molecule has 0 amide bonds. The predicted octanol–water partition coefficient (Wildman–Crippen LogP) is 3.21. The number of Topliss-reactive ketones (excluding diaryl/α,β-unsaturated/α-hetero) is 1. The maximum absolute atomic E-state index is 15.2. The number of aliphatic hydroxyl groups excluding tert-OH is 1. The van der Waals surface area contributed by atoms with E-state index in [4.69, 9.17) is 46.9 Å². The van der Waals surface area contributed by atoms with Crippen molar-refractivity contribution < 1.29 is 57.9 Å². The van der Waals surface area contributed by atoms with Gasteiger partial charge in [0, 0.05) is 38.0 Å². The van der Waals surface area contributed by atoms with Gasteiger partial charge in [0.2, 0.25) is 10.6 Å². The van der Waals surface area contributed by atoms with E-state index in [1.54, 1.807) is 39.0 Å². The second kappa shape index (κ2) is 12.1. The maximum Gasteiger partial charge on any atom is 0.339 e. The normalized spacial score (nSPS) is 37.3. The number of carbonyl (C=O) groups excluding carboxylic acids is 5. The highest BCUT2D eigenvalue weighted by atomic mass is 35.5. The lowest BCUT2D eigenvalue weighted by molar-refractivity contribution is -0.345. The van der Waals surface area contributed by atoms with Crippen LogP contribution >= 0.6 is 23.2 Å². The second-order valence-electron chi connectivity index (χ2n) is 13.5. The minimum absolute atomic E-state index is 0.0885. The quantitative estimate of drug-likeness (QED) is 0.253. The van der Waals surface area contributed by atoms with Crippen molar-refractivity contribution in [3.63, 3.8) is 0 Å². The van der Waals surface area contributed by atoms with Crippen molar-refractivity contribution in [2.24, 2.45) is 22.7 Å². The largest absolute Gasteiger partial charge is 0.459 e. The van der Waals surface area contributed by atoms with E-state index in [1.807, 2.05) is 0 Å². The van der Waals surface area contributed by atoms with Crippen molar-refractivity contribution in [3.05, 3.63) is 47.2 Å². The molecule has 2 N–H and O–H groups in total. The van der Waals surface area contributed by atoms with Gasteiger partial charge in [-0.25, -0.2) is 9.59 Å². The van der Waals surface area contributed by atoms with E-state index in [9.17, 15) is 29.4 Å². The van der Waals surface area contributed by atoms with Gasteiger partial charge in [0.1, 0.15) is 23.9 Å². The molecule has 1 aromatic rings. The van der Waals surface area contributed by atoms with Gasteiger partial charge >= 0.3 is 23.9 Å². The van der Waals surface area contributed by atoms with Gasteiger partial charge in [-0.05, 0) is 24.6 Å². The first-order chi connectivity index (χ1) is 21.8. The summed E-state index contributed by atoms with van der Waals surface area (Å²) in [7, 11) is 0. The van der Waals surface area contributed by atoms with Crippen LogP contribution in [-0.4, -0.2) is 86.9 Å². The topological polar surface area (TPSA) is 172 Å². The molecule has 0 radical (unpaired) electrons. The van der Waals surface area contributed by atoms with Gasteiger partial charge in [0.05, 0.1) is 29.6 Å². The second-order valence-corrected chi connectivity index (χ2v) is 14.6. The van der Waals surface area contributed by atoms with E-state index in [2.05, 4.69) is 0 Å². The van der Waals surface area contributed by atoms with Crippen LogP contribution in [0.3, 0.4) is 0 Å². The number of ether oxygens (including phenoxy) is 5. The molecule has 47 heavy (non-hydrogen) atoms. The number of allylic oxidation sites excluding steroid dienone is 1. The van der Waals surface area contributed by atoms with E-state index in [-0.39, 0.29) is 30.6 Å². The molecule has 1 heterocycles. The molecule has 2 bridgehead atoms. The molecule has 3 fully saturated rings. The van der Waals surface area contributed by atoms with Crippen molar-refractivity contribution >= 4 is 52.9 Å². The SMILES string of the molecule is CC(=O)OC1=C2C(C)[C@@H](O)C[C@@](O)([C@@H](OC(=O)c3ccccc3)[C@@H]3[C@]4(OC(C)=O)CO[C@@H]4C[C@H](OC(=O)C(Cl)Cl)[C@@]3(C)C1=O)C2(C)C. The Hall–Kier alpha value is -3.03. The average Bonchev–Trinajstić information content (AvgIpc) is 2.98. The molecule has 0 spiro atoms. The lowest BCUT2D eigenvalue weighted by atomic mass is 9.45. The van der Waals surface area contributed by atoms with Crippen LogP contribution in [0.5, 0.6) is 0 Å². The third-order valence-corrected chi connectivity index (χ3v) is 11.0. The first kappa shape index (κ1) is 35.3. The number of carbonyl (C=O) groups is 5. The van der Waals surface area contributed by atoms with Crippen LogP contribution in [0.15, 0.2) is 41.7 Å². The molecule has 4 aliphatic rings. The Labute approximate surface area is 281 Å². The molecular formula is C33H38Cl2O12. The van der Waals surface area contributed by atoms with Crippen molar-refractivity contribution in [2.45, 2.75) is 94.8 Å². The highest BCUT2D eigenvalue weighted by molar-refractivity contribution is 6.52. The van der Waals surface area contributed by atoms with Crippen molar-refractivity contribution in [3.8, 4) is 0 Å². The van der Waals surface area contributed by atoms with Crippen LogP contribution in [0.1, 0.15) is 64.7 Å². The fraction of sp³-hybridized carbons (Fsp3) is 0.606. The third kappa shape index (κ3) is 5.36. The molecule has 5 rings (SSSR count). The fourth-order valence-electron chi connectivity index (χ4n) is 8.24. The van der Waals surface area contributed by atoms with Crippen LogP contribution in [0.4, 0.5) is 0 Å². The maximum atomic E-state index is 15.2. The number of ketones is 1. The van der Waals surface area contributed by atoms with E-state index < -0.39 is 98.5 Å². The molecule has 256 valence electrons. The number of hydrogen-bond donors (Lipinski definition) is 2. The molecule has 12 nitrogen and oxygen atoms in total. The Bertz CT molecular complexity index is 1520. The van der Waals surface area contributed by atoms with Crippen LogP contribution in [0, 0.1) is 22.7 Å². The fourth-order valence-corrected chi connectivity index (χ4v) is 8.34. The Kier molecular flexibility index (Phi) is 9.11. The summed E-state index contributed by atoms with van der Waals surface area (Å²) < 4.78 is 29.5. The van der Waals surface area contributed by atoms with E-state index >= 15 is 4.79 Å². The molecule has 1 aliphatic heterocycles. The summed E-state index contributed by atoms with van der Waals surface area (Å²) in [5, 5.41) is 24.5. The Balaban J connectivity index is 1.89. The summed E-state index contributed by atoms with van der Waals surface area (Å²) in [5.74, 6) is -7.31. The molecule has 2 saturated carbocycles. The van der Waals surface area contributed by atoms with E-state index in [1.165, 1.54) is 19.1 Å². The third-order valence-electron chi connectivity index (χ3n) is 10.6. The molecular weight excluding hydrogens is 659 g/mol. The molecule has 14 heteroatoms. The van der Waals surface area contributed by atoms with E-state index in [0.717, 1.165) is 13.8 Å². The van der Waals surface area contributed by atoms with Crippen LogP contribution in [-0.2, 0) is 42.9 Å². The van der Waals surface area contributed by atoms with Crippen molar-refractivity contribution in [1.29, 1.82) is 0 Å². The first-order valence-corrected chi connectivity index (χ1v) is 16.1. The Morgan fingerprint density at radius 2 is 1.66 bits per heavy atom. The van der Waals surface area contributed by atoms with Gasteiger partial charge in [-0.1, -0.05) is 62.2 Å². The summed E-state index contributed by atoms with van der Waals surface area (Å²) in [4.78, 5) is 65.8. The number of alkyl halides is 2. The van der Waals surface area contributed by atoms with Gasteiger partial charge < -0.3 is 33.9 Å². The predicted molar refractivity (Wildman–Crippen MR) is 164 cm³/mol. The van der Waals surface area contributed by atoms with Crippen LogP contribution < -0.4 is 0 Å². The number of aliphatic hydroxyl groups is 2. The monoisotopic (exact) mass is 696 g/mol. The molecule has 0 aromatic heterocycles. The summed E-state index contributed by atoms with van der Waals surface area (Å²) in [6.07, 6.45) is -6.06.